The lowest BCUT2D eigenvalue weighted by molar-refractivity contribution is 0.102. The summed E-state index contributed by atoms with van der Waals surface area (Å²) in [5, 5.41) is 12.3. The molecule has 146 valence electrons. The van der Waals surface area contributed by atoms with Crippen LogP contribution in [0.2, 0.25) is 5.02 Å². The van der Waals surface area contributed by atoms with Crippen LogP contribution in [0.3, 0.4) is 0 Å². The number of benzene rings is 3. The van der Waals surface area contributed by atoms with Crippen LogP contribution in [0, 0.1) is 0 Å². The van der Waals surface area contributed by atoms with Gasteiger partial charge in [0.1, 0.15) is 22.5 Å². The van der Waals surface area contributed by atoms with Gasteiger partial charge in [-0.25, -0.2) is 0 Å². The first-order chi connectivity index (χ1) is 14.1. The molecule has 1 amide bonds. The molecule has 4 rings (SSSR count). The fourth-order valence-corrected chi connectivity index (χ4v) is 3.17. The number of hydrogen-bond donors (Lipinski definition) is 1. The number of halogens is 1. The van der Waals surface area contributed by atoms with Crippen molar-refractivity contribution < 1.29 is 14.3 Å². The first kappa shape index (κ1) is 18.8. The molecule has 0 bridgehead atoms. The van der Waals surface area contributed by atoms with Gasteiger partial charge in [0.15, 0.2) is 0 Å². The second-order valence-electron chi connectivity index (χ2n) is 6.17. The molecular weight excluding hydrogens is 392 g/mol. The fraction of sp³-hybridized carbons (Fsp3) is 0.0952. The number of carbonyl (C=O) groups is 1. The lowest BCUT2D eigenvalue weighted by Gasteiger charge is -2.08. The highest BCUT2D eigenvalue weighted by molar-refractivity contribution is 6.32. The van der Waals surface area contributed by atoms with Gasteiger partial charge in [-0.15, -0.1) is 10.2 Å². The van der Waals surface area contributed by atoms with Crippen LogP contribution in [0.5, 0.6) is 11.5 Å². The normalized spacial score (nSPS) is 10.7. The Morgan fingerprint density at radius 3 is 2.45 bits per heavy atom. The van der Waals surface area contributed by atoms with Crippen molar-refractivity contribution in [1.29, 1.82) is 0 Å². The predicted octanol–water partition coefficient (Wildman–Crippen LogP) is 4.34. The number of amides is 1. The molecule has 0 aliphatic carbocycles. The van der Waals surface area contributed by atoms with Crippen molar-refractivity contribution in [2.75, 3.05) is 19.5 Å². The van der Waals surface area contributed by atoms with Crippen LogP contribution in [0.4, 0.5) is 5.69 Å². The van der Waals surface area contributed by atoms with Gasteiger partial charge in [-0.1, -0.05) is 23.7 Å². The number of nitrogens with zero attached hydrogens (tertiary/aromatic N) is 3. The molecular formula is C21H17ClN4O3. The number of aromatic nitrogens is 3. The molecule has 1 N–H and O–H groups in total. The third-order valence-corrected chi connectivity index (χ3v) is 4.65. The minimum atomic E-state index is -0.267. The van der Waals surface area contributed by atoms with Gasteiger partial charge in [0.2, 0.25) is 0 Å². The summed E-state index contributed by atoms with van der Waals surface area (Å²) in [5.74, 6) is 0.818. The summed E-state index contributed by atoms with van der Waals surface area (Å²) in [6.07, 6.45) is 0. The zero-order valence-corrected chi connectivity index (χ0v) is 16.5. The molecule has 3 aromatic carbocycles. The van der Waals surface area contributed by atoms with Gasteiger partial charge in [-0.3, -0.25) is 4.79 Å². The average molecular weight is 409 g/mol. The van der Waals surface area contributed by atoms with Gasteiger partial charge in [0.25, 0.3) is 5.91 Å². The first-order valence-corrected chi connectivity index (χ1v) is 9.12. The predicted molar refractivity (Wildman–Crippen MR) is 111 cm³/mol. The Morgan fingerprint density at radius 2 is 1.69 bits per heavy atom. The van der Waals surface area contributed by atoms with Crippen molar-refractivity contribution in [1.82, 2.24) is 15.0 Å². The molecule has 1 aromatic heterocycles. The minimum absolute atomic E-state index is 0.267. The highest BCUT2D eigenvalue weighted by atomic mass is 35.5. The van der Waals surface area contributed by atoms with Gasteiger partial charge in [-0.05, 0) is 48.5 Å². The molecule has 0 saturated carbocycles. The summed E-state index contributed by atoms with van der Waals surface area (Å²) in [7, 11) is 3.09. The molecule has 0 unspecified atom stereocenters. The number of anilines is 1. The van der Waals surface area contributed by atoms with E-state index in [1.807, 2.05) is 12.1 Å². The standard InChI is InChI=1S/C21H17ClN4O3/c1-28-19-6-4-3-5-15(19)21(27)23-13-7-9-17-18(11-13)25-26(24-17)14-8-10-20(29-2)16(22)12-14/h3-12H,1-2H3,(H,23,27). The topological polar surface area (TPSA) is 78.3 Å². The molecule has 1 heterocycles. The summed E-state index contributed by atoms with van der Waals surface area (Å²) in [5.41, 5.74) is 3.08. The Kier molecular flexibility index (Phi) is 5.05. The maximum absolute atomic E-state index is 12.6. The number of para-hydroxylation sites is 1. The highest BCUT2D eigenvalue weighted by Gasteiger charge is 2.13. The summed E-state index contributed by atoms with van der Waals surface area (Å²) < 4.78 is 10.4. The summed E-state index contributed by atoms with van der Waals surface area (Å²) in [4.78, 5) is 14.1. The number of carbonyl (C=O) groups excluding carboxylic acids is 1. The largest absolute Gasteiger partial charge is 0.496 e. The SMILES string of the molecule is COc1ccc(-n2nc3ccc(NC(=O)c4ccccc4OC)cc3n2)cc1Cl. The number of rotatable bonds is 5. The van der Waals surface area contributed by atoms with Crippen LogP contribution in [0.15, 0.2) is 60.7 Å². The molecule has 0 radical (unpaired) electrons. The number of fused-ring (bicyclic) bond motifs is 1. The van der Waals surface area contributed by atoms with Crippen molar-refractivity contribution >= 4 is 34.2 Å². The number of ether oxygens (including phenoxy) is 2. The molecule has 0 atom stereocenters. The fourth-order valence-electron chi connectivity index (χ4n) is 2.92. The third kappa shape index (κ3) is 3.72. The zero-order valence-electron chi connectivity index (χ0n) is 15.7. The van der Waals surface area contributed by atoms with Crippen LogP contribution in [0.1, 0.15) is 10.4 Å². The van der Waals surface area contributed by atoms with E-state index in [1.54, 1.807) is 55.6 Å². The van der Waals surface area contributed by atoms with Crippen molar-refractivity contribution in [3.8, 4) is 17.2 Å². The van der Waals surface area contributed by atoms with E-state index in [0.717, 1.165) is 0 Å². The molecule has 7 nitrogen and oxygen atoms in total. The Hall–Kier alpha value is -3.58. The summed E-state index contributed by atoms with van der Waals surface area (Å²) in [6, 6.07) is 17.7. The van der Waals surface area contributed by atoms with Crippen LogP contribution < -0.4 is 14.8 Å². The third-order valence-electron chi connectivity index (χ3n) is 4.36. The second-order valence-corrected chi connectivity index (χ2v) is 6.57. The van der Waals surface area contributed by atoms with Gasteiger partial charge in [0, 0.05) is 5.69 Å². The maximum Gasteiger partial charge on any atom is 0.259 e. The van der Waals surface area contributed by atoms with E-state index < -0.39 is 0 Å². The number of methoxy groups -OCH3 is 2. The average Bonchev–Trinajstić information content (AvgIpc) is 3.17. The van der Waals surface area contributed by atoms with E-state index in [1.165, 1.54) is 11.9 Å². The Labute approximate surface area is 171 Å². The lowest BCUT2D eigenvalue weighted by Crippen LogP contribution is -2.13. The monoisotopic (exact) mass is 408 g/mol. The van der Waals surface area contributed by atoms with Crippen molar-refractivity contribution in [2.45, 2.75) is 0 Å². The van der Waals surface area contributed by atoms with Crippen molar-refractivity contribution in [3.63, 3.8) is 0 Å². The molecule has 0 saturated heterocycles. The quantitative estimate of drug-likeness (QED) is 0.531. The van der Waals surface area contributed by atoms with Crippen molar-refractivity contribution in [3.05, 3.63) is 71.2 Å². The Balaban J connectivity index is 1.62. The lowest BCUT2D eigenvalue weighted by atomic mass is 10.2. The smallest absolute Gasteiger partial charge is 0.259 e. The van der Waals surface area contributed by atoms with Gasteiger partial charge in [-0.2, -0.15) is 4.80 Å². The van der Waals surface area contributed by atoms with Crippen molar-refractivity contribution in [2.24, 2.45) is 0 Å². The van der Waals surface area contributed by atoms with E-state index in [0.29, 0.717) is 44.5 Å². The van der Waals surface area contributed by atoms with Crippen LogP contribution in [0.25, 0.3) is 16.7 Å². The molecule has 29 heavy (non-hydrogen) atoms. The minimum Gasteiger partial charge on any atom is -0.496 e. The van der Waals surface area contributed by atoms with E-state index in [2.05, 4.69) is 15.5 Å². The van der Waals surface area contributed by atoms with Gasteiger partial charge >= 0.3 is 0 Å². The van der Waals surface area contributed by atoms with Gasteiger partial charge in [0.05, 0.1) is 30.5 Å². The molecule has 0 fully saturated rings. The van der Waals surface area contributed by atoms with E-state index in [4.69, 9.17) is 21.1 Å². The van der Waals surface area contributed by atoms with Crippen LogP contribution >= 0.6 is 11.6 Å². The first-order valence-electron chi connectivity index (χ1n) is 8.74. The number of hydrogen-bond acceptors (Lipinski definition) is 5. The number of nitrogens with one attached hydrogen (secondary N) is 1. The molecule has 0 aliphatic heterocycles. The molecule has 4 aromatic rings. The molecule has 0 aliphatic rings. The zero-order chi connectivity index (χ0) is 20.4. The molecule has 0 spiro atoms. The Bertz CT molecular complexity index is 1210. The van der Waals surface area contributed by atoms with Crippen LogP contribution in [-0.2, 0) is 0 Å². The highest BCUT2D eigenvalue weighted by Crippen LogP contribution is 2.27. The summed E-state index contributed by atoms with van der Waals surface area (Å²) >= 11 is 6.19. The molecule has 8 heteroatoms. The maximum atomic E-state index is 12.6. The van der Waals surface area contributed by atoms with E-state index in [-0.39, 0.29) is 5.91 Å². The summed E-state index contributed by atoms with van der Waals surface area (Å²) in [6.45, 7) is 0. The Morgan fingerprint density at radius 1 is 0.931 bits per heavy atom. The van der Waals surface area contributed by atoms with E-state index in [9.17, 15) is 4.79 Å². The second kappa shape index (κ2) is 7.81. The van der Waals surface area contributed by atoms with Gasteiger partial charge < -0.3 is 14.8 Å². The van der Waals surface area contributed by atoms with Crippen LogP contribution in [-0.4, -0.2) is 35.1 Å². The van der Waals surface area contributed by atoms with E-state index >= 15 is 0 Å².